The maximum absolute atomic E-state index is 12.5. The summed E-state index contributed by atoms with van der Waals surface area (Å²) in [6.07, 6.45) is 0. The van der Waals surface area contributed by atoms with E-state index < -0.39 is 0 Å². The molecule has 0 bridgehead atoms. The Morgan fingerprint density at radius 2 is 2.00 bits per heavy atom. The van der Waals surface area contributed by atoms with Gasteiger partial charge in [0.15, 0.2) is 11.5 Å². The molecular weight excluding hydrogens is 314 g/mol. The number of hydrogen-bond acceptors (Lipinski definition) is 3. The van der Waals surface area contributed by atoms with E-state index in [1.54, 1.807) is 18.2 Å². The molecule has 0 aliphatic carbocycles. The van der Waals surface area contributed by atoms with Gasteiger partial charge in [0.05, 0.1) is 5.56 Å². The van der Waals surface area contributed by atoms with Crippen LogP contribution in [0.2, 0.25) is 5.02 Å². The lowest BCUT2D eigenvalue weighted by Crippen LogP contribution is -2.36. The van der Waals surface area contributed by atoms with Gasteiger partial charge >= 0.3 is 0 Å². The van der Waals surface area contributed by atoms with E-state index >= 15 is 0 Å². The predicted molar refractivity (Wildman–Crippen MR) is 89.4 cm³/mol. The molecule has 0 atom stereocenters. The summed E-state index contributed by atoms with van der Waals surface area (Å²) in [4.78, 5) is 12.5. The number of fused-ring (bicyclic) bond motifs is 1. The number of ether oxygens (including phenoxy) is 2. The van der Waals surface area contributed by atoms with E-state index in [1.807, 2.05) is 24.3 Å². The van der Waals surface area contributed by atoms with Gasteiger partial charge in [0.1, 0.15) is 0 Å². The highest BCUT2D eigenvalue weighted by Crippen LogP contribution is 2.35. The molecule has 0 aromatic heterocycles. The third-order valence-corrected chi connectivity index (χ3v) is 4.17. The van der Waals surface area contributed by atoms with Gasteiger partial charge < -0.3 is 14.8 Å². The van der Waals surface area contributed by atoms with Gasteiger partial charge in [-0.2, -0.15) is 0 Å². The monoisotopic (exact) mass is 331 g/mol. The number of nitrogens with one attached hydrogen (secondary N) is 1. The maximum atomic E-state index is 12.5. The zero-order chi connectivity index (χ0) is 16.4. The molecule has 5 heteroatoms. The number of hydrogen-bond donors (Lipinski definition) is 1. The molecule has 0 saturated carbocycles. The van der Waals surface area contributed by atoms with Gasteiger partial charge in [-0.15, -0.1) is 0 Å². The molecule has 0 radical (unpaired) electrons. The van der Waals surface area contributed by atoms with Crippen molar-refractivity contribution in [2.75, 3.05) is 13.3 Å². The Morgan fingerprint density at radius 1 is 1.22 bits per heavy atom. The average Bonchev–Trinajstić information content (AvgIpc) is 3.01. The molecule has 3 rings (SSSR count). The summed E-state index contributed by atoms with van der Waals surface area (Å²) in [5, 5.41) is 3.66. The summed E-state index contributed by atoms with van der Waals surface area (Å²) in [6, 6.07) is 13.0. The highest BCUT2D eigenvalue weighted by molar-refractivity contribution is 6.30. The molecule has 1 aliphatic heterocycles. The molecule has 0 spiro atoms. The smallest absolute Gasteiger partial charge is 0.255 e. The van der Waals surface area contributed by atoms with Crippen molar-refractivity contribution in [3.63, 3.8) is 0 Å². The van der Waals surface area contributed by atoms with Crippen LogP contribution in [-0.2, 0) is 5.41 Å². The van der Waals surface area contributed by atoms with Gasteiger partial charge in [-0.1, -0.05) is 43.6 Å². The van der Waals surface area contributed by atoms with E-state index in [1.165, 1.54) is 0 Å². The summed E-state index contributed by atoms with van der Waals surface area (Å²) in [6.45, 7) is 4.76. The Labute approximate surface area is 140 Å². The van der Waals surface area contributed by atoms with Crippen molar-refractivity contribution in [2.45, 2.75) is 19.3 Å². The Bertz CT molecular complexity index is 743. The van der Waals surface area contributed by atoms with E-state index in [9.17, 15) is 4.79 Å². The summed E-state index contributed by atoms with van der Waals surface area (Å²) in [7, 11) is 0. The van der Waals surface area contributed by atoms with Crippen LogP contribution in [0.5, 0.6) is 11.5 Å². The van der Waals surface area contributed by atoms with Crippen molar-refractivity contribution in [2.24, 2.45) is 0 Å². The summed E-state index contributed by atoms with van der Waals surface area (Å²) < 4.78 is 10.7. The minimum atomic E-state index is -0.240. The van der Waals surface area contributed by atoms with Crippen LogP contribution in [0.1, 0.15) is 29.8 Å². The van der Waals surface area contributed by atoms with Crippen LogP contribution in [0.3, 0.4) is 0 Å². The zero-order valence-electron chi connectivity index (χ0n) is 13.1. The van der Waals surface area contributed by atoms with E-state index in [-0.39, 0.29) is 18.1 Å². The highest BCUT2D eigenvalue weighted by Gasteiger charge is 2.25. The van der Waals surface area contributed by atoms with E-state index in [0.717, 1.165) is 5.56 Å². The molecule has 4 nitrogen and oxygen atoms in total. The second kappa shape index (κ2) is 6.13. The lowest BCUT2D eigenvalue weighted by molar-refractivity contribution is 0.0941. The van der Waals surface area contributed by atoms with Gasteiger partial charge in [0, 0.05) is 17.0 Å². The van der Waals surface area contributed by atoms with Crippen molar-refractivity contribution >= 4 is 17.5 Å². The number of para-hydroxylation sites is 1. The maximum Gasteiger partial charge on any atom is 0.255 e. The first-order valence-corrected chi connectivity index (χ1v) is 7.78. The SMILES string of the molecule is CC(C)(CNC(=O)c1cccc2c1OCO2)c1cccc(Cl)c1. The molecule has 120 valence electrons. The van der Waals surface area contributed by atoms with Gasteiger partial charge in [0.25, 0.3) is 5.91 Å². The molecule has 0 fully saturated rings. The Morgan fingerprint density at radius 3 is 2.78 bits per heavy atom. The topological polar surface area (TPSA) is 47.6 Å². The lowest BCUT2D eigenvalue weighted by Gasteiger charge is -2.26. The molecule has 2 aromatic rings. The molecule has 1 N–H and O–H groups in total. The Kier molecular flexibility index (Phi) is 4.18. The van der Waals surface area contributed by atoms with Crippen LogP contribution in [0.25, 0.3) is 0 Å². The molecule has 0 saturated heterocycles. The highest BCUT2D eigenvalue weighted by atomic mass is 35.5. The first-order valence-electron chi connectivity index (χ1n) is 7.40. The molecule has 0 unspecified atom stereocenters. The fourth-order valence-electron chi connectivity index (χ4n) is 2.52. The Hall–Kier alpha value is -2.20. The number of rotatable bonds is 4. The fourth-order valence-corrected chi connectivity index (χ4v) is 2.71. The standard InChI is InChI=1S/C18H18ClNO3/c1-18(2,12-5-3-6-13(19)9-12)10-20-17(21)14-7-4-8-15-16(14)23-11-22-15/h3-9H,10-11H2,1-2H3,(H,20,21). The van der Waals surface area contributed by atoms with Gasteiger partial charge in [-0.25, -0.2) is 0 Å². The molecule has 2 aromatic carbocycles. The predicted octanol–water partition coefficient (Wildman–Crippen LogP) is 3.78. The first-order chi connectivity index (χ1) is 11.0. The van der Waals surface area contributed by atoms with Crippen LogP contribution in [-0.4, -0.2) is 19.2 Å². The normalized spacial score (nSPS) is 13.0. The lowest BCUT2D eigenvalue weighted by atomic mass is 9.84. The number of carbonyl (C=O) groups excluding carboxylic acids is 1. The van der Waals surface area contributed by atoms with Crippen LogP contribution in [0.15, 0.2) is 42.5 Å². The van der Waals surface area contributed by atoms with Crippen LogP contribution in [0, 0.1) is 0 Å². The molecule has 1 heterocycles. The molecule has 1 amide bonds. The van der Waals surface area contributed by atoms with Crippen LogP contribution in [0.4, 0.5) is 0 Å². The van der Waals surface area contributed by atoms with Crippen LogP contribution < -0.4 is 14.8 Å². The van der Waals surface area contributed by atoms with E-state index in [0.29, 0.717) is 28.6 Å². The first kappa shape index (κ1) is 15.7. The van der Waals surface area contributed by atoms with Crippen molar-refractivity contribution < 1.29 is 14.3 Å². The summed E-state index contributed by atoms with van der Waals surface area (Å²) >= 11 is 6.06. The third-order valence-electron chi connectivity index (χ3n) is 3.94. The second-order valence-electron chi connectivity index (χ2n) is 6.12. The summed E-state index contributed by atoms with van der Waals surface area (Å²) in [5.74, 6) is 0.930. The van der Waals surface area contributed by atoms with Gasteiger partial charge in [-0.3, -0.25) is 4.79 Å². The van der Waals surface area contributed by atoms with Crippen molar-refractivity contribution in [3.8, 4) is 11.5 Å². The van der Waals surface area contributed by atoms with Gasteiger partial charge in [-0.05, 0) is 29.8 Å². The van der Waals surface area contributed by atoms with Crippen molar-refractivity contribution in [3.05, 3.63) is 58.6 Å². The van der Waals surface area contributed by atoms with Crippen molar-refractivity contribution in [1.29, 1.82) is 0 Å². The Balaban J connectivity index is 1.73. The van der Waals surface area contributed by atoms with Crippen molar-refractivity contribution in [1.82, 2.24) is 5.32 Å². The van der Waals surface area contributed by atoms with Crippen LogP contribution >= 0.6 is 11.6 Å². The number of carbonyl (C=O) groups is 1. The average molecular weight is 332 g/mol. The largest absolute Gasteiger partial charge is 0.454 e. The molecule has 23 heavy (non-hydrogen) atoms. The number of benzene rings is 2. The number of amides is 1. The van der Waals surface area contributed by atoms with E-state index in [2.05, 4.69) is 19.2 Å². The fraction of sp³-hybridized carbons (Fsp3) is 0.278. The molecular formula is C18H18ClNO3. The second-order valence-corrected chi connectivity index (χ2v) is 6.55. The third kappa shape index (κ3) is 3.27. The number of halogens is 1. The zero-order valence-corrected chi connectivity index (χ0v) is 13.8. The molecule has 1 aliphatic rings. The van der Waals surface area contributed by atoms with E-state index in [4.69, 9.17) is 21.1 Å². The summed E-state index contributed by atoms with van der Waals surface area (Å²) in [5.41, 5.74) is 1.32. The quantitative estimate of drug-likeness (QED) is 0.927. The minimum Gasteiger partial charge on any atom is -0.454 e. The van der Waals surface area contributed by atoms with Gasteiger partial charge in [0.2, 0.25) is 6.79 Å². The minimum absolute atomic E-state index is 0.146.